The number of ether oxygens (including phenoxy) is 1. The predicted molar refractivity (Wildman–Crippen MR) is 98.9 cm³/mol. The molecule has 27 heavy (non-hydrogen) atoms. The van der Waals surface area contributed by atoms with Crippen LogP contribution in [-0.4, -0.2) is 44.8 Å². The van der Waals surface area contributed by atoms with Crippen molar-refractivity contribution < 1.29 is 24.3 Å². The Morgan fingerprint density at radius 1 is 1.37 bits per heavy atom. The first-order chi connectivity index (χ1) is 12.7. The van der Waals surface area contributed by atoms with Gasteiger partial charge in [0.1, 0.15) is 11.4 Å². The number of hydrogen-bond acceptors (Lipinski definition) is 7. The Balaban J connectivity index is 1.72. The van der Waals surface area contributed by atoms with Gasteiger partial charge in [0, 0.05) is 0 Å². The molecule has 3 N–H and O–H groups in total. The van der Waals surface area contributed by atoms with E-state index >= 15 is 0 Å². The van der Waals surface area contributed by atoms with Crippen molar-refractivity contribution in [3.63, 3.8) is 0 Å². The van der Waals surface area contributed by atoms with E-state index in [1.54, 1.807) is 26.8 Å². The highest BCUT2D eigenvalue weighted by atomic mass is 16.5. The maximum atomic E-state index is 12.2. The molecule has 1 aromatic heterocycles. The van der Waals surface area contributed by atoms with Gasteiger partial charge in [-0.25, -0.2) is 9.97 Å². The van der Waals surface area contributed by atoms with Gasteiger partial charge in [-0.1, -0.05) is 6.07 Å². The van der Waals surface area contributed by atoms with Crippen LogP contribution in [-0.2, 0) is 11.3 Å². The third-order valence-electron chi connectivity index (χ3n) is 4.68. The van der Waals surface area contributed by atoms with Crippen LogP contribution in [0.2, 0.25) is 0 Å². The molecule has 0 saturated carbocycles. The summed E-state index contributed by atoms with van der Waals surface area (Å²) in [6, 6.07) is 3.16. The van der Waals surface area contributed by atoms with Crippen LogP contribution in [0, 0.1) is 6.92 Å². The number of aromatic nitrogens is 2. The summed E-state index contributed by atoms with van der Waals surface area (Å²) in [7, 11) is -0.960. The zero-order valence-electron chi connectivity index (χ0n) is 15.7. The van der Waals surface area contributed by atoms with Crippen molar-refractivity contribution >= 4 is 18.5 Å². The van der Waals surface area contributed by atoms with Gasteiger partial charge in [-0.15, -0.1) is 0 Å². The second-order valence-electron chi connectivity index (χ2n) is 7.12. The number of hydrogen-bond donors (Lipinski definition) is 3. The largest absolute Gasteiger partial charge is 0.492 e. The Morgan fingerprint density at radius 3 is 2.74 bits per heavy atom. The molecule has 2 aromatic rings. The summed E-state index contributed by atoms with van der Waals surface area (Å²) in [5, 5.41) is 22.5. The molecule has 9 heteroatoms. The maximum absolute atomic E-state index is 12.2. The lowest BCUT2D eigenvalue weighted by Crippen LogP contribution is -2.47. The molecule has 1 aromatic carbocycles. The van der Waals surface area contributed by atoms with E-state index in [1.807, 2.05) is 13.0 Å². The summed E-state index contributed by atoms with van der Waals surface area (Å²) < 4.78 is 11.0. The Labute approximate surface area is 157 Å². The lowest BCUT2D eigenvalue weighted by molar-refractivity contribution is 0.0407. The third kappa shape index (κ3) is 4.10. The van der Waals surface area contributed by atoms with Gasteiger partial charge >= 0.3 is 7.12 Å². The second kappa shape index (κ2) is 7.26. The molecular formula is C18H22BN3O5. The molecule has 2 heterocycles. The lowest BCUT2D eigenvalue weighted by Gasteiger charge is -2.26. The zero-order chi connectivity index (χ0) is 19.8. The number of nitrogens with zero attached hydrogens (tertiary/aromatic N) is 2. The molecule has 0 radical (unpaired) electrons. The van der Waals surface area contributed by atoms with E-state index in [9.17, 15) is 14.9 Å². The minimum atomic E-state index is -1.05. The first kappa shape index (κ1) is 19.3. The number of fused-ring (bicyclic) bond motifs is 1. The summed E-state index contributed by atoms with van der Waals surface area (Å²) in [6.07, 6.45) is 2.66. The molecule has 0 unspecified atom stereocenters. The van der Waals surface area contributed by atoms with E-state index < -0.39 is 24.7 Å². The van der Waals surface area contributed by atoms with Gasteiger partial charge in [0.05, 0.1) is 30.6 Å². The topological polar surface area (TPSA) is 114 Å². The van der Waals surface area contributed by atoms with Crippen LogP contribution in [0.1, 0.15) is 42.4 Å². The number of aliphatic hydroxyl groups is 1. The summed E-state index contributed by atoms with van der Waals surface area (Å²) in [5.74, 6) is 0.316. The normalized spacial score (nSPS) is 14.7. The SMILES string of the molecule is Cc1c(Oc2cnc(C(=O)N[C@@H](C)C(C)(C)O)cn2)ccc2c1B(O)OC2. The average molecular weight is 371 g/mol. The van der Waals surface area contributed by atoms with Crippen LogP contribution in [0.15, 0.2) is 24.5 Å². The van der Waals surface area contributed by atoms with E-state index in [4.69, 9.17) is 9.39 Å². The highest BCUT2D eigenvalue weighted by Gasteiger charge is 2.30. The zero-order valence-corrected chi connectivity index (χ0v) is 15.7. The van der Waals surface area contributed by atoms with E-state index in [-0.39, 0.29) is 11.6 Å². The quantitative estimate of drug-likeness (QED) is 0.663. The Hall–Kier alpha value is -2.49. The Bertz CT molecular complexity index is 851. The molecule has 1 amide bonds. The molecule has 1 atom stereocenters. The minimum absolute atomic E-state index is 0.118. The van der Waals surface area contributed by atoms with Crippen LogP contribution < -0.4 is 15.5 Å². The number of benzene rings is 1. The molecular weight excluding hydrogens is 349 g/mol. The van der Waals surface area contributed by atoms with Gasteiger partial charge in [-0.3, -0.25) is 4.79 Å². The standard InChI is InChI=1S/C18H22BN3O5/c1-10-14(6-5-12-9-26-19(25)16(10)12)27-15-8-20-13(7-21-15)17(23)22-11(2)18(3,4)24/h5-8,11,24-25H,9H2,1-4H3,(H,22,23)/t11-/m0/s1. The van der Waals surface area contributed by atoms with Crippen LogP contribution >= 0.6 is 0 Å². The number of carbonyl (C=O) groups is 1. The average Bonchev–Trinajstić information content (AvgIpc) is 2.99. The number of carbonyl (C=O) groups excluding carboxylic acids is 1. The molecule has 1 aliphatic heterocycles. The molecule has 8 nitrogen and oxygen atoms in total. The molecule has 1 aliphatic rings. The molecule has 0 saturated heterocycles. The van der Waals surface area contributed by atoms with E-state index in [2.05, 4.69) is 15.3 Å². The molecule has 0 bridgehead atoms. The number of nitrogens with one attached hydrogen (secondary N) is 1. The number of rotatable bonds is 5. The van der Waals surface area contributed by atoms with E-state index in [1.165, 1.54) is 12.4 Å². The smallest absolute Gasteiger partial charge is 0.437 e. The van der Waals surface area contributed by atoms with Crippen molar-refractivity contribution in [1.82, 2.24) is 15.3 Å². The molecule has 0 spiro atoms. The van der Waals surface area contributed by atoms with Crippen molar-refractivity contribution in [2.45, 2.75) is 45.9 Å². The summed E-state index contributed by atoms with van der Waals surface area (Å²) in [4.78, 5) is 20.4. The number of amides is 1. The van der Waals surface area contributed by atoms with Crippen molar-refractivity contribution in [1.29, 1.82) is 0 Å². The Kier molecular flexibility index (Phi) is 5.19. The first-order valence-corrected chi connectivity index (χ1v) is 8.62. The predicted octanol–water partition coefficient (Wildman–Crippen LogP) is 0.684. The summed E-state index contributed by atoms with van der Waals surface area (Å²) in [5.41, 5.74) is 1.46. The van der Waals surface area contributed by atoms with Gasteiger partial charge in [0.15, 0.2) is 0 Å². The van der Waals surface area contributed by atoms with E-state index in [0.29, 0.717) is 17.8 Å². The fourth-order valence-electron chi connectivity index (χ4n) is 2.64. The highest BCUT2D eigenvalue weighted by molar-refractivity contribution is 6.62. The Morgan fingerprint density at radius 2 is 2.11 bits per heavy atom. The second-order valence-corrected chi connectivity index (χ2v) is 7.12. The van der Waals surface area contributed by atoms with Crippen molar-refractivity contribution in [2.24, 2.45) is 0 Å². The van der Waals surface area contributed by atoms with Gasteiger partial charge in [-0.2, -0.15) is 0 Å². The highest BCUT2D eigenvalue weighted by Crippen LogP contribution is 2.25. The van der Waals surface area contributed by atoms with Crippen molar-refractivity contribution in [3.8, 4) is 11.6 Å². The van der Waals surface area contributed by atoms with Gasteiger partial charge in [-0.05, 0) is 50.4 Å². The van der Waals surface area contributed by atoms with Crippen LogP contribution in [0.25, 0.3) is 0 Å². The molecule has 0 fully saturated rings. The van der Waals surface area contributed by atoms with Crippen LogP contribution in [0.5, 0.6) is 11.6 Å². The van der Waals surface area contributed by atoms with Crippen molar-refractivity contribution in [3.05, 3.63) is 41.3 Å². The fourth-order valence-corrected chi connectivity index (χ4v) is 2.64. The maximum Gasteiger partial charge on any atom is 0.492 e. The van der Waals surface area contributed by atoms with Crippen molar-refractivity contribution in [2.75, 3.05) is 0 Å². The van der Waals surface area contributed by atoms with E-state index in [0.717, 1.165) is 11.1 Å². The fraction of sp³-hybridized carbons (Fsp3) is 0.389. The third-order valence-corrected chi connectivity index (χ3v) is 4.68. The van der Waals surface area contributed by atoms with Crippen LogP contribution in [0.3, 0.4) is 0 Å². The van der Waals surface area contributed by atoms with Gasteiger partial charge in [0.25, 0.3) is 5.91 Å². The van der Waals surface area contributed by atoms with Gasteiger partial charge < -0.3 is 24.8 Å². The summed E-state index contributed by atoms with van der Waals surface area (Å²) >= 11 is 0. The molecule has 142 valence electrons. The minimum Gasteiger partial charge on any atom is -0.437 e. The molecule has 0 aliphatic carbocycles. The monoisotopic (exact) mass is 371 g/mol. The van der Waals surface area contributed by atoms with Crippen LogP contribution in [0.4, 0.5) is 0 Å². The van der Waals surface area contributed by atoms with Gasteiger partial charge in [0.2, 0.25) is 5.88 Å². The summed E-state index contributed by atoms with van der Waals surface area (Å²) in [6.45, 7) is 7.13. The molecule has 3 rings (SSSR count). The lowest BCUT2D eigenvalue weighted by atomic mass is 9.76. The first-order valence-electron chi connectivity index (χ1n) is 8.62.